The minimum atomic E-state index is 0.359. The predicted octanol–water partition coefficient (Wildman–Crippen LogP) is 3.49. The van der Waals surface area contributed by atoms with Gasteiger partial charge in [-0.1, -0.05) is 6.07 Å². The van der Waals surface area contributed by atoms with Crippen molar-refractivity contribution in [1.29, 1.82) is 0 Å². The SMILES string of the molecule is CNC(CCOc1ccc(OC)cc1)c1cccs1. The molecule has 1 aromatic carbocycles. The van der Waals surface area contributed by atoms with Crippen LogP contribution in [0.2, 0.25) is 0 Å². The molecular formula is C15H19NO2S. The molecule has 0 saturated heterocycles. The van der Waals surface area contributed by atoms with E-state index < -0.39 is 0 Å². The fraction of sp³-hybridized carbons (Fsp3) is 0.333. The van der Waals surface area contributed by atoms with Crippen LogP contribution in [0.1, 0.15) is 17.3 Å². The summed E-state index contributed by atoms with van der Waals surface area (Å²) in [5.74, 6) is 1.72. The lowest BCUT2D eigenvalue weighted by Gasteiger charge is -2.15. The number of hydrogen-bond donors (Lipinski definition) is 1. The van der Waals surface area contributed by atoms with E-state index in [0.717, 1.165) is 17.9 Å². The molecule has 2 rings (SSSR count). The molecular weight excluding hydrogens is 258 g/mol. The van der Waals surface area contributed by atoms with Gasteiger partial charge < -0.3 is 14.8 Å². The molecule has 0 fully saturated rings. The Labute approximate surface area is 118 Å². The maximum atomic E-state index is 5.74. The van der Waals surface area contributed by atoms with Crippen LogP contribution < -0.4 is 14.8 Å². The lowest BCUT2D eigenvalue weighted by Crippen LogP contribution is -2.18. The third-order valence-corrected chi connectivity index (χ3v) is 3.96. The summed E-state index contributed by atoms with van der Waals surface area (Å²) in [7, 11) is 3.65. The predicted molar refractivity (Wildman–Crippen MR) is 79.2 cm³/mol. The lowest BCUT2D eigenvalue weighted by atomic mass is 10.2. The third kappa shape index (κ3) is 3.98. The van der Waals surface area contributed by atoms with Crippen LogP contribution in [0.5, 0.6) is 11.5 Å². The van der Waals surface area contributed by atoms with Crippen LogP contribution in [-0.2, 0) is 0 Å². The molecule has 102 valence electrons. The lowest BCUT2D eigenvalue weighted by molar-refractivity contribution is 0.290. The summed E-state index contributed by atoms with van der Waals surface area (Å²) in [6.45, 7) is 0.690. The average molecular weight is 277 g/mol. The summed E-state index contributed by atoms with van der Waals surface area (Å²) < 4.78 is 10.9. The summed E-state index contributed by atoms with van der Waals surface area (Å²) in [6.07, 6.45) is 0.947. The highest BCUT2D eigenvalue weighted by atomic mass is 32.1. The Morgan fingerprint density at radius 1 is 1.16 bits per heavy atom. The zero-order valence-corrected chi connectivity index (χ0v) is 12.1. The van der Waals surface area contributed by atoms with E-state index in [1.807, 2.05) is 31.3 Å². The van der Waals surface area contributed by atoms with Gasteiger partial charge in [0.2, 0.25) is 0 Å². The number of methoxy groups -OCH3 is 1. The quantitative estimate of drug-likeness (QED) is 0.840. The molecule has 1 heterocycles. The van der Waals surface area contributed by atoms with Crippen LogP contribution in [0, 0.1) is 0 Å². The van der Waals surface area contributed by atoms with Crippen molar-refractivity contribution < 1.29 is 9.47 Å². The Morgan fingerprint density at radius 3 is 2.47 bits per heavy atom. The Hall–Kier alpha value is -1.52. The molecule has 0 aliphatic rings. The van der Waals surface area contributed by atoms with Crippen LogP contribution in [0.25, 0.3) is 0 Å². The molecule has 19 heavy (non-hydrogen) atoms. The maximum absolute atomic E-state index is 5.74. The van der Waals surface area contributed by atoms with Crippen molar-refractivity contribution in [1.82, 2.24) is 5.32 Å². The molecule has 0 radical (unpaired) electrons. The second-order valence-electron chi connectivity index (χ2n) is 4.17. The van der Waals surface area contributed by atoms with Crippen LogP contribution in [0.4, 0.5) is 0 Å². The summed E-state index contributed by atoms with van der Waals surface area (Å²) in [6, 6.07) is 12.3. The van der Waals surface area contributed by atoms with Crippen molar-refractivity contribution in [2.45, 2.75) is 12.5 Å². The van der Waals surface area contributed by atoms with Crippen molar-refractivity contribution in [3.8, 4) is 11.5 Å². The highest BCUT2D eigenvalue weighted by Crippen LogP contribution is 2.22. The van der Waals surface area contributed by atoms with Gasteiger partial charge in [-0.15, -0.1) is 11.3 Å². The molecule has 1 atom stereocenters. The molecule has 3 nitrogen and oxygen atoms in total. The van der Waals surface area contributed by atoms with Gasteiger partial charge in [-0.3, -0.25) is 0 Å². The molecule has 1 N–H and O–H groups in total. The van der Waals surface area contributed by atoms with Gasteiger partial charge in [0, 0.05) is 17.3 Å². The Morgan fingerprint density at radius 2 is 1.89 bits per heavy atom. The van der Waals surface area contributed by atoms with Crippen molar-refractivity contribution >= 4 is 11.3 Å². The first-order chi connectivity index (χ1) is 9.33. The van der Waals surface area contributed by atoms with Gasteiger partial charge >= 0.3 is 0 Å². The van der Waals surface area contributed by atoms with Gasteiger partial charge in [0.25, 0.3) is 0 Å². The van der Waals surface area contributed by atoms with Crippen molar-refractivity contribution in [3.63, 3.8) is 0 Å². The summed E-state index contributed by atoms with van der Waals surface area (Å²) in [5.41, 5.74) is 0. The van der Waals surface area contributed by atoms with Gasteiger partial charge in [-0.25, -0.2) is 0 Å². The number of thiophene rings is 1. The number of ether oxygens (including phenoxy) is 2. The molecule has 0 bridgehead atoms. The first-order valence-corrected chi connectivity index (χ1v) is 7.19. The first-order valence-electron chi connectivity index (χ1n) is 6.31. The minimum Gasteiger partial charge on any atom is -0.497 e. The monoisotopic (exact) mass is 277 g/mol. The zero-order valence-electron chi connectivity index (χ0n) is 11.3. The molecule has 0 aliphatic heterocycles. The third-order valence-electron chi connectivity index (χ3n) is 2.97. The van der Waals surface area contributed by atoms with E-state index >= 15 is 0 Å². The van der Waals surface area contributed by atoms with Crippen molar-refractivity contribution in [2.75, 3.05) is 20.8 Å². The van der Waals surface area contributed by atoms with Crippen LogP contribution in [0.15, 0.2) is 41.8 Å². The standard InChI is InChI=1S/C15H19NO2S/c1-16-14(15-4-3-11-19-15)9-10-18-13-7-5-12(17-2)6-8-13/h3-8,11,14,16H,9-10H2,1-2H3. The molecule has 1 unspecified atom stereocenters. The minimum absolute atomic E-state index is 0.359. The molecule has 4 heteroatoms. The highest BCUT2D eigenvalue weighted by Gasteiger charge is 2.09. The molecule has 2 aromatic rings. The highest BCUT2D eigenvalue weighted by molar-refractivity contribution is 7.10. The number of hydrogen-bond acceptors (Lipinski definition) is 4. The average Bonchev–Trinajstić information content (AvgIpc) is 2.98. The largest absolute Gasteiger partial charge is 0.497 e. The van der Waals surface area contributed by atoms with Gasteiger partial charge in [-0.2, -0.15) is 0 Å². The smallest absolute Gasteiger partial charge is 0.119 e. The Bertz CT molecular complexity index is 467. The van der Waals surface area contributed by atoms with E-state index in [1.54, 1.807) is 18.4 Å². The van der Waals surface area contributed by atoms with E-state index in [9.17, 15) is 0 Å². The molecule has 0 amide bonds. The summed E-state index contributed by atoms with van der Waals surface area (Å²) >= 11 is 1.77. The van der Waals surface area contributed by atoms with E-state index in [0.29, 0.717) is 12.6 Å². The zero-order chi connectivity index (χ0) is 13.5. The normalized spacial score (nSPS) is 12.1. The van der Waals surface area contributed by atoms with Crippen LogP contribution in [-0.4, -0.2) is 20.8 Å². The first kappa shape index (κ1) is 13.9. The van der Waals surface area contributed by atoms with Crippen molar-refractivity contribution in [2.24, 2.45) is 0 Å². The van der Waals surface area contributed by atoms with E-state index in [-0.39, 0.29) is 0 Å². The van der Waals surface area contributed by atoms with E-state index in [2.05, 4.69) is 22.8 Å². The molecule has 1 aromatic heterocycles. The Balaban J connectivity index is 1.81. The molecule has 0 saturated carbocycles. The molecule has 0 aliphatic carbocycles. The van der Waals surface area contributed by atoms with Crippen LogP contribution >= 0.6 is 11.3 Å². The maximum Gasteiger partial charge on any atom is 0.119 e. The van der Waals surface area contributed by atoms with Gasteiger partial charge in [0.15, 0.2) is 0 Å². The summed E-state index contributed by atoms with van der Waals surface area (Å²) in [5, 5.41) is 5.42. The van der Waals surface area contributed by atoms with Gasteiger partial charge in [-0.05, 0) is 42.8 Å². The fourth-order valence-electron chi connectivity index (χ4n) is 1.88. The topological polar surface area (TPSA) is 30.5 Å². The van der Waals surface area contributed by atoms with Gasteiger partial charge in [0.1, 0.15) is 11.5 Å². The van der Waals surface area contributed by atoms with E-state index in [4.69, 9.17) is 9.47 Å². The second-order valence-corrected chi connectivity index (χ2v) is 5.15. The molecule has 0 spiro atoms. The second kappa shape index (κ2) is 7.16. The van der Waals surface area contributed by atoms with E-state index in [1.165, 1.54) is 4.88 Å². The fourth-order valence-corrected chi connectivity index (χ4v) is 2.76. The summed E-state index contributed by atoms with van der Waals surface area (Å²) in [4.78, 5) is 1.35. The van der Waals surface area contributed by atoms with Gasteiger partial charge in [0.05, 0.1) is 13.7 Å². The Kier molecular flexibility index (Phi) is 5.24. The van der Waals surface area contributed by atoms with Crippen molar-refractivity contribution in [3.05, 3.63) is 46.7 Å². The number of nitrogens with one attached hydrogen (secondary N) is 1. The number of rotatable bonds is 7. The van der Waals surface area contributed by atoms with Crippen LogP contribution in [0.3, 0.4) is 0 Å². The number of benzene rings is 1.